The molecule has 1 saturated heterocycles. The van der Waals surface area contributed by atoms with Gasteiger partial charge in [-0.15, -0.1) is 10.2 Å². The number of carbonyl (C=O) groups excluding carboxylic acids is 2. The summed E-state index contributed by atoms with van der Waals surface area (Å²) in [5.41, 5.74) is 1.73. The van der Waals surface area contributed by atoms with Crippen molar-refractivity contribution in [2.75, 3.05) is 18.8 Å². The molecule has 156 valence electrons. The lowest BCUT2D eigenvalue weighted by Crippen LogP contribution is -2.44. The number of furan rings is 1. The number of nitrogens with zero attached hydrogens (tertiary/aromatic N) is 4. The van der Waals surface area contributed by atoms with Crippen molar-refractivity contribution in [3.8, 4) is 17.1 Å². The highest BCUT2D eigenvalue weighted by Gasteiger charge is 2.25. The predicted octanol–water partition coefficient (Wildman–Crippen LogP) is 1.92. The standard InChI is InChI=1S/C21H22N4O4S/c1-14-17(9-12-29-14)19-22-23-21(25(19)16-5-3-2-4-6-16)30-13-18(26)24-10-7-15(8-11-24)20(27)28/h2-6,9,12,15H,7-8,10-11,13H2,1H3,(H,27,28)/p-1. The molecule has 0 N–H and O–H groups in total. The number of likely N-dealkylation sites (tertiary alicyclic amines) is 1. The summed E-state index contributed by atoms with van der Waals surface area (Å²) in [7, 11) is 0. The van der Waals surface area contributed by atoms with Crippen molar-refractivity contribution in [2.45, 2.75) is 24.9 Å². The number of para-hydroxylation sites is 1. The Morgan fingerprint density at radius 3 is 2.53 bits per heavy atom. The Hall–Kier alpha value is -3.07. The lowest BCUT2D eigenvalue weighted by atomic mass is 9.97. The van der Waals surface area contributed by atoms with Gasteiger partial charge in [-0.25, -0.2) is 0 Å². The molecule has 9 heteroatoms. The molecule has 0 bridgehead atoms. The second-order valence-electron chi connectivity index (χ2n) is 7.13. The molecule has 1 amide bonds. The summed E-state index contributed by atoms with van der Waals surface area (Å²) in [6.45, 7) is 2.73. The van der Waals surface area contributed by atoms with Crippen molar-refractivity contribution >= 4 is 23.6 Å². The number of carbonyl (C=O) groups is 2. The maximum atomic E-state index is 12.7. The van der Waals surface area contributed by atoms with E-state index in [1.165, 1.54) is 11.8 Å². The fraction of sp³-hybridized carbons (Fsp3) is 0.333. The molecule has 1 aromatic carbocycles. The average Bonchev–Trinajstić information content (AvgIpc) is 3.38. The Labute approximate surface area is 177 Å². The lowest BCUT2D eigenvalue weighted by Gasteiger charge is -2.32. The van der Waals surface area contributed by atoms with E-state index < -0.39 is 11.9 Å². The average molecular weight is 425 g/mol. The van der Waals surface area contributed by atoms with E-state index in [2.05, 4.69) is 10.2 Å². The molecule has 4 rings (SSSR count). The minimum atomic E-state index is -1.03. The zero-order valence-corrected chi connectivity index (χ0v) is 17.3. The number of carboxylic acid groups (broad SMARTS) is 1. The molecule has 0 spiro atoms. The summed E-state index contributed by atoms with van der Waals surface area (Å²) in [5.74, 6) is 0.0458. The van der Waals surface area contributed by atoms with Crippen LogP contribution in [0.25, 0.3) is 17.1 Å². The highest BCUT2D eigenvalue weighted by Crippen LogP contribution is 2.30. The highest BCUT2D eigenvalue weighted by molar-refractivity contribution is 7.99. The number of thioether (sulfide) groups is 1. The van der Waals surface area contributed by atoms with Gasteiger partial charge in [-0.3, -0.25) is 9.36 Å². The van der Waals surface area contributed by atoms with Gasteiger partial charge in [0.05, 0.1) is 17.6 Å². The molecule has 1 fully saturated rings. The minimum Gasteiger partial charge on any atom is -0.550 e. The van der Waals surface area contributed by atoms with E-state index in [-0.39, 0.29) is 11.7 Å². The number of hydrogen-bond acceptors (Lipinski definition) is 7. The number of aliphatic carboxylic acids is 1. The number of amides is 1. The van der Waals surface area contributed by atoms with Gasteiger partial charge < -0.3 is 19.2 Å². The molecule has 2 aromatic heterocycles. The van der Waals surface area contributed by atoms with Gasteiger partial charge in [0.25, 0.3) is 0 Å². The number of piperidine rings is 1. The number of hydrogen-bond donors (Lipinski definition) is 0. The van der Waals surface area contributed by atoms with Crippen LogP contribution in [-0.2, 0) is 9.59 Å². The van der Waals surface area contributed by atoms with E-state index in [1.807, 2.05) is 47.9 Å². The molecule has 8 nitrogen and oxygen atoms in total. The molecule has 0 aliphatic carbocycles. The Kier molecular flexibility index (Phi) is 5.89. The molecule has 0 atom stereocenters. The molecule has 3 aromatic rings. The fourth-order valence-electron chi connectivity index (χ4n) is 3.55. The number of aryl methyl sites for hydroxylation is 1. The number of carboxylic acids is 1. The number of benzene rings is 1. The molecule has 3 heterocycles. The predicted molar refractivity (Wildman–Crippen MR) is 109 cm³/mol. The normalized spacial score (nSPS) is 14.8. The topological polar surface area (TPSA) is 104 Å². The van der Waals surface area contributed by atoms with Crippen LogP contribution in [0.5, 0.6) is 0 Å². The van der Waals surface area contributed by atoms with Gasteiger partial charge in [0, 0.05) is 30.7 Å². The maximum absolute atomic E-state index is 12.7. The third-order valence-corrected chi connectivity index (χ3v) is 6.17. The van der Waals surface area contributed by atoms with Crippen LogP contribution in [0.15, 0.2) is 52.2 Å². The fourth-order valence-corrected chi connectivity index (χ4v) is 4.40. The lowest BCUT2D eigenvalue weighted by molar-refractivity contribution is -0.312. The van der Waals surface area contributed by atoms with Crippen LogP contribution in [0.2, 0.25) is 0 Å². The minimum absolute atomic E-state index is 0.0412. The summed E-state index contributed by atoms with van der Waals surface area (Å²) in [6, 6.07) is 11.6. The first-order valence-electron chi connectivity index (χ1n) is 9.71. The second-order valence-corrected chi connectivity index (χ2v) is 8.07. The molecule has 30 heavy (non-hydrogen) atoms. The van der Waals surface area contributed by atoms with Crippen LogP contribution in [0.3, 0.4) is 0 Å². The first-order chi connectivity index (χ1) is 14.5. The van der Waals surface area contributed by atoms with Crippen molar-refractivity contribution in [3.05, 3.63) is 48.4 Å². The monoisotopic (exact) mass is 425 g/mol. The zero-order chi connectivity index (χ0) is 21.1. The third-order valence-electron chi connectivity index (χ3n) is 5.25. The van der Waals surface area contributed by atoms with Gasteiger partial charge in [-0.05, 0) is 38.0 Å². The largest absolute Gasteiger partial charge is 0.550 e. The second kappa shape index (κ2) is 8.74. The van der Waals surface area contributed by atoms with Crippen LogP contribution in [-0.4, -0.2) is 50.4 Å². The Morgan fingerprint density at radius 2 is 1.90 bits per heavy atom. The third kappa shape index (κ3) is 4.11. The van der Waals surface area contributed by atoms with E-state index in [0.717, 1.165) is 17.0 Å². The van der Waals surface area contributed by atoms with Crippen LogP contribution in [0, 0.1) is 12.8 Å². The van der Waals surface area contributed by atoms with Gasteiger partial charge in [-0.1, -0.05) is 30.0 Å². The molecular weight excluding hydrogens is 404 g/mol. The quantitative estimate of drug-likeness (QED) is 0.556. The molecule has 0 saturated carbocycles. The van der Waals surface area contributed by atoms with Crippen LogP contribution in [0.1, 0.15) is 18.6 Å². The van der Waals surface area contributed by atoms with Crippen molar-refractivity contribution in [2.24, 2.45) is 5.92 Å². The summed E-state index contributed by atoms with van der Waals surface area (Å²) >= 11 is 1.31. The van der Waals surface area contributed by atoms with Crippen molar-refractivity contribution in [1.29, 1.82) is 0 Å². The first-order valence-corrected chi connectivity index (χ1v) is 10.7. The zero-order valence-electron chi connectivity index (χ0n) is 16.5. The van der Waals surface area contributed by atoms with Gasteiger partial charge in [-0.2, -0.15) is 0 Å². The van der Waals surface area contributed by atoms with E-state index in [9.17, 15) is 14.7 Å². The van der Waals surface area contributed by atoms with E-state index in [1.54, 1.807) is 11.2 Å². The van der Waals surface area contributed by atoms with Crippen LogP contribution in [0.4, 0.5) is 0 Å². The Bertz CT molecular complexity index is 1040. The summed E-state index contributed by atoms with van der Waals surface area (Å²) in [4.78, 5) is 25.4. The molecule has 0 radical (unpaired) electrons. The Balaban J connectivity index is 1.52. The number of rotatable bonds is 6. The van der Waals surface area contributed by atoms with Crippen LogP contribution < -0.4 is 5.11 Å². The van der Waals surface area contributed by atoms with Gasteiger partial charge >= 0.3 is 0 Å². The van der Waals surface area contributed by atoms with E-state index in [4.69, 9.17) is 4.42 Å². The van der Waals surface area contributed by atoms with Crippen molar-refractivity contribution < 1.29 is 19.1 Å². The van der Waals surface area contributed by atoms with Crippen LogP contribution >= 0.6 is 11.8 Å². The summed E-state index contributed by atoms with van der Waals surface area (Å²) in [5, 5.41) is 20.3. The maximum Gasteiger partial charge on any atom is 0.233 e. The first kappa shape index (κ1) is 20.2. The van der Waals surface area contributed by atoms with Gasteiger partial charge in [0.2, 0.25) is 5.91 Å². The molecule has 0 unspecified atom stereocenters. The smallest absolute Gasteiger partial charge is 0.233 e. The number of aromatic nitrogens is 3. The van der Waals surface area contributed by atoms with E-state index >= 15 is 0 Å². The molecule has 1 aliphatic heterocycles. The van der Waals surface area contributed by atoms with Crippen molar-refractivity contribution in [1.82, 2.24) is 19.7 Å². The summed E-state index contributed by atoms with van der Waals surface area (Å²) in [6.07, 6.45) is 2.48. The summed E-state index contributed by atoms with van der Waals surface area (Å²) < 4.78 is 7.34. The van der Waals surface area contributed by atoms with Gasteiger partial charge in [0.1, 0.15) is 5.76 Å². The van der Waals surface area contributed by atoms with E-state index in [0.29, 0.717) is 36.9 Å². The SMILES string of the molecule is Cc1occc1-c1nnc(SCC(=O)N2CCC(C(=O)[O-])CC2)n1-c1ccccc1. The Morgan fingerprint density at radius 1 is 1.17 bits per heavy atom. The van der Waals surface area contributed by atoms with Crippen molar-refractivity contribution in [3.63, 3.8) is 0 Å². The molecule has 1 aliphatic rings. The molecular formula is C21H21N4O4S-. The van der Waals surface area contributed by atoms with Gasteiger partial charge in [0.15, 0.2) is 11.0 Å². The highest BCUT2D eigenvalue weighted by atomic mass is 32.2.